The van der Waals surface area contributed by atoms with E-state index in [4.69, 9.17) is 0 Å². The second kappa shape index (κ2) is 4.46. The monoisotopic (exact) mass is 283 g/mol. The molecule has 0 radical (unpaired) electrons. The maximum atomic E-state index is 2.46. The van der Waals surface area contributed by atoms with Gasteiger partial charge in [0.15, 0.2) is 0 Å². The van der Waals surface area contributed by atoms with E-state index in [0.29, 0.717) is 17.2 Å². The van der Waals surface area contributed by atoms with Crippen LogP contribution in [0.2, 0.25) is 0 Å². The summed E-state index contributed by atoms with van der Waals surface area (Å²) in [5.41, 5.74) is 0. The molecule has 0 aromatic heterocycles. The average Bonchev–Trinajstić information content (AvgIpc) is 1.37. The fourth-order valence-electron chi connectivity index (χ4n) is 0. The summed E-state index contributed by atoms with van der Waals surface area (Å²) in [6.45, 7) is 2.22. The van der Waals surface area contributed by atoms with Gasteiger partial charge in [0.05, 0.1) is 0 Å². The van der Waals surface area contributed by atoms with Crippen LogP contribution in [-0.2, 0) is 0 Å². The van der Waals surface area contributed by atoms with Gasteiger partial charge in [-0.05, 0) is 0 Å². The molecule has 0 amide bonds. The van der Waals surface area contributed by atoms with Crippen LogP contribution in [0.25, 0.3) is 0 Å². The van der Waals surface area contributed by atoms with Crippen LogP contribution >= 0.6 is 18.6 Å². The zero-order valence-corrected chi connectivity index (χ0v) is 6.78. The average molecular weight is 283 g/mol. The molecular formula is C2H5I2-. The molecule has 0 atom stereocenters. The summed E-state index contributed by atoms with van der Waals surface area (Å²) in [4.78, 5) is 0. The predicted octanol–water partition coefficient (Wildman–Crippen LogP) is -1.55. The van der Waals surface area contributed by atoms with E-state index < -0.39 is 0 Å². The van der Waals surface area contributed by atoms with E-state index in [9.17, 15) is 0 Å². The van der Waals surface area contributed by atoms with Gasteiger partial charge in [0.1, 0.15) is 0 Å². The number of hydrogen-bond donors (Lipinski definition) is 0. The summed E-state index contributed by atoms with van der Waals surface area (Å²) in [7, 11) is 0. The Bertz CT molecular complexity index is 6.00. The Morgan fingerprint density at radius 1 is 2.00 bits per heavy atom. The predicted molar refractivity (Wildman–Crippen MR) is 24.6 cm³/mol. The van der Waals surface area contributed by atoms with Gasteiger partial charge in [-0.2, -0.15) is 0 Å². The SMILES string of the molecule is CC[I-]I. The molecule has 2 heteroatoms. The minimum absolute atomic E-state index is 0.581. The summed E-state index contributed by atoms with van der Waals surface area (Å²) in [5, 5.41) is 0. The number of alkyl halides is 1. The Morgan fingerprint density at radius 2 is 2.25 bits per heavy atom. The minimum atomic E-state index is 0.581. The zero-order valence-electron chi connectivity index (χ0n) is 2.46. The normalized spacial score (nSPS) is 8.50. The van der Waals surface area contributed by atoms with E-state index in [1.165, 1.54) is 4.43 Å². The Morgan fingerprint density at radius 3 is 2.25 bits per heavy atom. The van der Waals surface area contributed by atoms with Crippen LogP contribution in [0.3, 0.4) is 0 Å². The van der Waals surface area contributed by atoms with Crippen LogP contribution < -0.4 is 17.2 Å². The first-order chi connectivity index (χ1) is 1.91. The first-order valence-corrected chi connectivity index (χ1v) is 8.93. The third kappa shape index (κ3) is 3.46. The molecule has 0 aliphatic rings. The molecule has 0 rings (SSSR count). The van der Waals surface area contributed by atoms with E-state index in [2.05, 4.69) is 25.5 Å². The van der Waals surface area contributed by atoms with E-state index in [1.54, 1.807) is 0 Å². The summed E-state index contributed by atoms with van der Waals surface area (Å²) < 4.78 is 1.42. The second-order valence-corrected chi connectivity index (χ2v) is 6.34. The van der Waals surface area contributed by atoms with Crippen LogP contribution in [-0.4, -0.2) is 4.43 Å². The molecule has 28 valence electrons. The Balaban J connectivity index is 1.97. The van der Waals surface area contributed by atoms with Gasteiger partial charge in [-0.15, -0.1) is 0 Å². The number of halogens is 2. The van der Waals surface area contributed by atoms with Gasteiger partial charge in [-0.3, -0.25) is 0 Å². The first kappa shape index (κ1) is 5.46. The number of rotatable bonds is 1. The Labute approximate surface area is 46.8 Å². The molecule has 0 saturated carbocycles. The van der Waals surface area contributed by atoms with Gasteiger partial charge in [-0.1, -0.05) is 0 Å². The van der Waals surface area contributed by atoms with Crippen molar-refractivity contribution in [1.29, 1.82) is 0 Å². The number of hydrogen-bond acceptors (Lipinski definition) is 0. The Hall–Kier alpha value is 1.46. The van der Waals surface area contributed by atoms with E-state index in [-0.39, 0.29) is 0 Å². The molecule has 4 heavy (non-hydrogen) atoms. The van der Waals surface area contributed by atoms with Crippen molar-refractivity contribution < 1.29 is 17.2 Å². The summed E-state index contributed by atoms with van der Waals surface area (Å²) in [6.07, 6.45) is 0. The van der Waals surface area contributed by atoms with Crippen LogP contribution in [0.1, 0.15) is 6.92 Å². The van der Waals surface area contributed by atoms with Crippen LogP contribution in [0.5, 0.6) is 0 Å². The topological polar surface area (TPSA) is 0 Å². The summed E-state index contributed by atoms with van der Waals surface area (Å²) >= 11 is 3.04. The molecule has 0 aromatic rings. The van der Waals surface area contributed by atoms with E-state index >= 15 is 0 Å². The van der Waals surface area contributed by atoms with Gasteiger partial charge >= 0.3 is 47.2 Å². The van der Waals surface area contributed by atoms with Gasteiger partial charge in [0.25, 0.3) is 0 Å². The Kier molecular flexibility index (Phi) is 6.09. The van der Waals surface area contributed by atoms with Crippen LogP contribution in [0, 0.1) is 0 Å². The van der Waals surface area contributed by atoms with Crippen molar-refractivity contribution in [2.45, 2.75) is 6.92 Å². The molecule has 0 saturated heterocycles. The van der Waals surface area contributed by atoms with Crippen molar-refractivity contribution in [3.05, 3.63) is 0 Å². The van der Waals surface area contributed by atoms with Crippen LogP contribution in [0.4, 0.5) is 0 Å². The molecule has 0 bridgehead atoms. The van der Waals surface area contributed by atoms with Gasteiger partial charge in [0.2, 0.25) is 0 Å². The van der Waals surface area contributed by atoms with Crippen molar-refractivity contribution in [1.82, 2.24) is 0 Å². The van der Waals surface area contributed by atoms with Crippen molar-refractivity contribution in [3.63, 3.8) is 0 Å². The molecule has 0 N–H and O–H groups in total. The summed E-state index contributed by atoms with van der Waals surface area (Å²) in [5.74, 6) is 0. The fraction of sp³-hybridized carbons (Fsp3) is 1.00. The second-order valence-electron chi connectivity index (χ2n) is 0.368. The first-order valence-electron chi connectivity index (χ1n) is 1.12. The van der Waals surface area contributed by atoms with Crippen LogP contribution in [0.15, 0.2) is 0 Å². The third-order valence-corrected chi connectivity index (χ3v) is 4.55. The molecule has 0 unspecified atom stereocenters. The molecule has 0 nitrogen and oxygen atoms in total. The molecular weight excluding hydrogens is 278 g/mol. The molecule has 0 aliphatic heterocycles. The quantitative estimate of drug-likeness (QED) is 0.403. The van der Waals surface area contributed by atoms with E-state index in [0.717, 1.165) is 0 Å². The molecule has 0 aromatic carbocycles. The standard InChI is InChI=1S/C2H5I2/c1-2-4-3/h2H2,1H3/q-1. The summed E-state index contributed by atoms with van der Waals surface area (Å²) in [6, 6.07) is 0. The van der Waals surface area contributed by atoms with Gasteiger partial charge in [-0.25, -0.2) is 0 Å². The molecule has 0 spiro atoms. The van der Waals surface area contributed by atoms with Crippen molar-refractivity contribution in [2.24, 2.45) is 0 Å². The van der Waals surface area contributed by atoms with E-state index in [1.807, 2.05) is 0 Å². The maximum absolute atomic E-state index is 2.46. The van der Waals surface area contributed by atoms with Crippen molar-refractivity contribution >= 4 is 18.6 Å². The van der Waals surface area contributed by atoms with Crippen molar-refractivity contribution in [2.75, 3.05) is 4.43 Å². The molecule has 0 aliphatic carbocycles. The van der Waals surface area contributed by atoms with Gasteiger partial charge in [0, 0.05) is 0 Å². The third-order valence-electron chi connectivity index (χ3n) is 0.101. The molecule has 0 fully saturated rings. The molecule has 0 heterocycles. The fourth-order valence-corrected chi connectivity index (χ4v) is 0. The van der Waals surface area contributed by atoms with Crippen molar-refractivity contribution in [3.8, 4) is 0 Å². The zero-order chi connectivity index (χ0) is 3.41. The van der Waals surface area contributed by atoms with Gasteiger partial charge < -0.3 is 0 Å².